The highest BCUT2D eigenvalue weighted by atomic mass is 32.2. The summed E-state index contributed by atoms with van der Waals surface area (Å²) >= 11 is 1.16. The summed E-state index contributed by atoms with van der Waals surface area (Å²) in [6.45, 7) is 4.71. The van der Waals surface area contributed by atoms with Gasteiger partial charge < -0.3 is 9.64 Å². The summed E-state index contributed by atoms with van der Waals surface area (Å²) in [4.78, 5) is 37.9. The molecule has 25 heavy (non-hydrogen) atoms. The van der Waals surface area contributed by atoms with Crippen LogP contribution >= 0.6 is 11.8 Å². The van der Waals surface area contributed by atoms with Crippen LogP contribution in [0.1, 0.15) is 13.8 Å². The Hall–Kier alpha value is -2.48. The maximum atomic E-state index is 11.8. The Bertz CT molecular complexity index is 708. The van der Waals surface area contributed by atoms with E-state index < -0.39 is 5.97 Å². The average Bonchev–Trinajstić information content (AvgIpc) is 2.66. The van der Waals surface area contributed by atoms with Gasteiger partial charge in [-0.1, -0.05) is 17.8 Å². The van der Waals surface area contributed by atoms with E-state index in [0.29, 0.717) is 23.9 Å². The molecule has 1 amide bonds. The van der Waals surface area contributed by atoms with E-state index in [9.17, 15) is 9.59 Å². The lowest BCUT2D eigenvalue weighted by atomic mass is 10.3. The molecule has 0 aliphatic rings. The van der Waals surface area contributed by atoms with Crippen molar-refractivity contribution in [1.82, 2.24) is 19.9 Å². The third-order valence-electron chi connectivity index (χ3n) is 3.35. The zero-order valence-corrected chi connectivity index (χ0v) is 15.0. The number of pyridine rings is 1. The minimum atomic E-state index is -0.475. The number of carbonyl (C=O) groups excluding carboxylic acids is 2. The SMILES string of the molecule is CCN(CC)C(=O)COC(=O)CSc1nccc(-c2ccccn2)n1. The minimum Gasteiger partial charge on any atom is -0.455 e. The topological polar surface area (TPSA) is 85.3 Å². The molecule has 0 aromatic carbocycles. The maximum absolute atomic E-state index is 11.8. The fraction of sp³-hybridized carbons (Fsp3) is 0.353. The molecule has 2 rings (SSSR count). The van der Waals surface area contributed by atoms with E-state index >= 15 is 0 Å². The molecule has 8 heteroatoms. The largest absolute Gasteiger partial charge is 0.455 e. The highest BCUT2D eigenvalue weighted by Crippen LogP contribution is 2.18. The summed E-state index contributed by atoms with van der Waals surface area (Å²) in [6, 6.07) is 7.31. The molecule has 0 fully saturated rings. The van der Waals surface area contributed by atoms with E-state index in [1.807, 2.05) is 32.0 Å². The van der Waals surface area contributed by atoms with Crippen LogP contribution < -0.4 is 0 Å². The van der Waals surface area contributed by atoms with Crippen LogP contribution in [0, 0.1) is 0 Å². The highest BCUT2D eigenvalue weighted by Gasteiger charge is 2.13. The van der Waals surface area contributed by atoms with Crippen molar-refractivity contribution in [1.29, 1.82) is 0 Å². The molecule has 0 saturated heterocycles. The second kappa shape index (κ2) is 9.73. The molecular formula is C17H20N4O3S. The zero-order valence-electron chi connectivity index (χ0n) is 14.2. The normalized spacial score (nSPS) is 10.3. The first kappa shape index (κ1) is 18.9. The predicted octanol–water partition coefficient (Wildman–Crippen LogP) is 2.04. The summed E-state index contributed by atoms with van der Waals surface area (Å²) in [6.07, 6.45) is 3.31. The maximum Gasteiger partial charge on any atom is 0.316 e. The van der Waals surface area contributed by atoms with E-state index in [2.05, 4.69) is 15.0 Å². The number of thioether (sulfide) groups is 1. The Kier molecular flexibility index (Phi) is 7.34. The lowest BCUT2D eigenvalue weighted by molar-refractivity contribution is -0.149. The van der Waals surface area contributed by atoms with Gasteiger partial charge in [0.05, 0.1) is 17.1 Å². The molecule has 0 bridgehead atoms. The van der Waals surface area contributed by atoms with Gasteiger partial charge in [0, 0.05) is 25.5 Å². The molecular weight excluding hydrogens is 340 g/mol. The number of hydrogen-bond donors (Lipinski definition) is 0. The van der Waals surface area contributed by atoms with Crippen LogP contribution in [0.15, 0.2) is 41.8 Å². The second-order valence-corrected chi connectivity index (χ2v) is 5.90. The van der Waals surface area contributed by atoms with E-state index in [1.54, 1.807) is 23.4 Å². The average molecular weight is 360 g/mol. The zero-order chi connectivity index (χ0) is 18.1. The Morgan fingerprint density at radius 3 is 2.56 bits per heavy atom. The third kappa shape index (κ3) is 5.82. The number of aromatic nitrogens is 3. The lowest BCUT2D eigenvalue weighted by Crippen LogP contribution is -2.34. The molecule has 2 aromatic heterocycles. The van der Waals surface area contributed by atoms with Crippen molar-refractivity contribution < 1.29 is 14.3 Å². The Labute approximate surface area is 150 Å². The smallest absolute Gasteiger partial charge is 0.316 e. The van der Waals surface area contributed by atoms with Gasteiger partial charge in [0.2, 0.25) is 0 Å². The van der Waals surface area contributed by atoms with Gasteiger partial charge in [0.1, 0.15) is 0 Å². The van der Waals surface area contributed by atoms with Gasteiger partial charge >= 0.3 is 5.97 Å². The van der Waals surface area contributed by atoms with Crippen LogP contribution in [0.5, 0.6) is 0 Å². The molecule has 0 spiro atoms. The van der Waals surface area contributed by atoms with E-state index in [4.69, 9.17) is 4.74 Å². The quantitative estimate of drug-likeness (QED) is 0.404. The molecule has 0 unspecified atom stereocenters. The van der Waals surface area contributed by atoms with Crippen LogP contribution in [0.2, 0.25) is 0 Å². The second-order valence-electron chi connectivity index (χ2n) is 4.95. The Balaban J connectivity index is 1.85. The van der Waals surface area contributed by atoms with Gasteiger partial charge in [0.15, 0.2) is 11.8 Å². The van der Waals surface area contributed by atoms with Crippen molar-refractivity contribution in [2.45, 2.75) is 19.0 Å². The highest BCUT2D eigenvalue weighted by molar-refractivity contribution is 7.99. The molecule has 0 radical (unpaired) electrons. The van der Waals surface area contributed by atoms with Crippen molar-refractivity contribution >= 4 is 23.6 Å². The number of rotatable bonds is 8. The van der Waals surface area contributed by atoms with Crippen molar-refractivity contribution in [3.8, 4) is 11.4 Å². The van der Waals surface area contributed by atoms with E-state index in [0.717, 1.165) is 17.5 Å². The number of carbonyl (C=O) groups is 2. The van der Waals surface area contributed by atoms with Gasteiger partial charge in [0.25, 0.3) is 5.91 Å². The number of esters is 1. The molecule has 7 nitrogen and oxygen atoms in total. The molecule has 2 heterocycles. The van der Waals surface area contributed by atoms with Crippen LogP contribution in [0.25, 0.3) is 11.4 Å². The summed E-state index contributed by atoms with van der Waals surface area (Å²) in [5, 5.41) is 0.454. The Morgan fingerprint density at radius 1 is 1.08 bits per heavy atom. The fourth-order valence-electron chi connectivity index (χ4n) is 2.04. The third-order valence-corrected chi connectivity index (χ3v) is 4.19. The fourth-order valence-corrected chi connectivity index (χ4v) is 2.67. The first-order valence-electron chi connectivity index (χ1n) is 7.94. The van der Waals surface area contributed by atoms with Crippen molar-refractivity contribution in [3.63, 3.8) is 0 Å². The lowest BCUT2D eigenvalue weighted by Gasteiger charge is -2.18. The first-order valence-corrected chi connectivity index (χ1v) is 8.93. The summed E-state index contributed by atoms with van der Waals surface area (Å²) < 4.78 is 5.01. The van der Waals surface area contributed by atoms with E-state index in [-0.39, 0.29) is 18.3 Å². The summed E-state index contributed by atoms with van der Waals surface area (Å²) in [5.74, 6) is -0.633. The van der Waals surface area contributed by atoms with Crippen LogP contribution in [0.3, 0.4) is 0 Å². The Morgan fingerprint density at radius 2 is 1.88 bits per heavy atom. The summed E-state index contributed by atoms with van der Waals surface area (Å²) in [7, 11) is 0. The van der Waals surface area contributed by atoms with Gasteiger partial charge in [-0.2, -0.15) is 0 Å². The predicted molar refractivity (Wildman–Crippen MR) is 94.9 cm³/mol. The van der Waals surface area contributed by atoms with Crippen LogP contribution in [-0.4, -0.2) is 57.2 Å². The molecule has 0 atom stereocenters. The van der Waals surface area contributed by atoms with Gasteiger partial charge in [-0.05, 0) is 32.0 Å². The molecule has 0 N–H and O–H groups in total. The van der Waals surface area contributed by atoms with Crippen molar-refractivity contribution in [2.75, 3.05) is 25.4 Å². The standard InChI is InChI=1S/C17H20N4O3S/c1-3-21(4-2)15(22)11-24-16(23)12-25-17-19-10-8-14(20-17)13-7-5-6-9-18-13/h5-10H,3-4,11-12H2,1-2H3. The van der Waals surface area contributed by atoms with Crippen molar-refractivity contribution in [3.05, 3.63) is 36.7 Å². The minimum absolute atomic E-state index is 0.0389. The summed E-state index contributed by atoms with van der Waals surface area (Å²) in [5.41, 5.74) is 1.42. The number of ether oxygens (including phenoxy) is 1. The number of hydrogen-bond acceptors (Lipinski definition) is 7. The number of nitrogens with zero attached hydrogens (tertiary/aromatic N) is 4. The van der Waals surface area contributed by atoms with Gasteiger partial charge in [-0.15, -0.1) is 0 Å². The molecule has 0 aliphatic heterocycles. The van der Waals surface area contributed by atoms with E-state index in [1.165, 1.54) is 0 Å². The molecule has 0 saturated carbocycles. The monoisotopic (exact) mass is 360 g/mol. The number of likely N-dealkylation sites (N-methyl/N-ethyl adjacent to an activating group) is 1. The molecule has 0 aliphatic carbocycles. The molecule has 2 aromatic rings. The first-order chi connectivity index (χ1) is 12.1. The van der Waals surface area contributed by atoms with Crippen LogP contribution in [0.4, 0.5) is 0 Å². The van der Waals surface area contributed by atoms with Gasteiger partial charge in [-0.3, -0.25) is 14.6 Å². The molecule has 132 valence electrons. The van der Waals surface area contributed by atoms with Crippen LogP contribution in [-0.2, 0) is 14.3 Å². The van der Waals surface area contributed by atoms with Gasteiger partial charge in [-0.25, -0.2) is 9.97 Å². The number of amides is 1. The van der Waals surface area contributed by atoms with Crippen molar-refractivity contribution in [2.24, 2.45) is 0 Å².